The molecule has 1 amide bonds. The average Bonchev–Trinajstić information content (AvgIpc) is 2.43. The summed E-state index contributed by atoms with van der Waals surface area (Å²) in [7, 11) is 0. The molecule has 2 N–H and O–H groups in total. The second-order valence-electron chi connectivity index (χ2n) is 4.66. The van der Waals surface area contributed by atoms with E-state index in [9.17, 15) is 9.59 Å². The third-order valence-corrected chi connectivity index (χ3v) is 3.78. The highest BCUT2D eigenvalue weighted by Gasteiger charge is 2.09. The van der Waals surface area contributed by atoms with E-state index < -0.39 is 5.97 Å². The number of hydrogen-bond donors (Lipinski definition) is 2. The minimum Gasteiger partial charge on any atom is -0.481 e. The molecule has 1 atom stereocenters. The number of carbonyl (C=O) groups excluding carboxylic acids is 1. The molecule has 1 rings (SSSR count). The molecular formula is C15H21NO3S. The Bertz CT molecular complexity index is 445. The maximum Gasteiger partial charge on any atom is 0.303 e. The van der Waals surface area contributed by atoms with E-state index in [-0.39, 0.29) is 18.4 Å². The molecule has 0 saturated heterocycles. The molecule has 0 heterocycles. The molecule has 0 saturated carbocycles. The molecule has 4 nitrogen and oxygen atoms in total. The van der Waals surface area contributed by atoms with E-state index in [4.69, 9.17) is 5.11 Å². The van der Waals surface area contributed by atoms with Crippen molar-refractivity contribution in [3.63, 3.8) is 0 Å². The quantitative estimate of drug-likeness (QED) is 0.571. The van der Waals surface area contributed by atoms with Gasteiger partial charge in [-0.2, -0.15) is 0 Å². The lowest BCUT2D eigenvalue weighted by molar-refractivity contribution is -0.137. The van der Waals surface area contributed by atoms with Gasteiger partial charge in [-0.3, -0.25) is 9.59 Å². The molecule has 0 aliphatic rings. The van der Waals surface area contributed by atoms with Gasteiger partial charge in [-0.15, -0.1) is 11.8 Å². The van der Waals surface area contributed by atoms with Crippen molar-refractivity contribution >= 4 is 23.6 Å². The smallest absolute Gasteiger partial charge is 0.303 e. The Morgan fingerprint density at radius 1 is 1.20 bits per heavy atom. The van der Waals surface area contributed by atoms with Gasteiger partial charge in [0.2, 0.25) is 5.91 Å². The van der Waals surface area contributed by atoms with Crippen molar-refractivity contribution in [3.05, 3.63) is 29.8 Å². The van der Waals surface area contributed by atoms with E-state index in [1.54, 1.807) is 11.8 Å². The molecule has 1 aromatic rings. The Morgan fingerprint density at radius 2 is 1.80 bits per heavy atom. The summed E-state index contributed by atoms with van der Waals surface area (Å²) in [4.78, 5) is 23.3. The highest BCUT2D eigenvalue weighted by Crippen LogP contribution is 2.19. The van der Waals surface area contributed by atoms with Crippen LogP contribution in [0.4, 0.5) is 0 Å². The van der Waals surface area contributed by atoms with E-state index in [2.05, 4.69) is 5.32 Å². The lowest BCUT2D eigenvalue weighted by Crippen LogP contribution is -2.26. The number of unbranched alkanes of at least 4 members (excludes halogenated alkanes) is 1. The number of nitrogens with one attached hydrogen (secondary N) is 1. The third-order valence-electron chi connectivity index (χ3n) is 3.04. The van der Waals surface area contributed by atoms with E-state index in [0.717, 1.165) is 5.56 Å². The standard InChI is InChI=1S/C15H21NO3S/c1-11(12-7-9-13(20-2)10-8-12)16-14(17)5-3-4-6-15(18)19/h7-11H,3-6H2,1-2H3,(H,16,17)(H,18,19). The van der Waals surface area contributed by atoms with Gasteiger partial charge in [0.05, 0.1) is 6.04 Å². The van der Waals surface area contributed by atoms with Crippen LogP contribution in [0.2, 0.25) is 0 Å². The van der Waals surface area contributed by atoms with Gasteiger partial charge in [0, 0.05) is 17.7 Å². The number of amides is 1. The summed E-state index contributed by atoms with van der Waals surface area (Å²) in [6, 6.07) is 8.07. The SMILES string of the molecule is CSc1ccc(C(C)NC(=O)CCCCC(=O)O)cc1. The van der Waals surface area contributed by atoms with E-state index >= 15 is 0 Å². The van der Waals surface area contributed by atoms with Crippen molar-refractivity contribution in [3.8, 4) is 0 Å². The molecule has 0 fully saturated rings. The zero-order valence-electron chi connectivity index (χ0n) is 11.9. The van der Waals surface area contributed by atoms with Gasteiger partial charge in [-0.05, 0) is 43.7 Å². The second kappa shape index (κ2) is 8.64. The first-order chi connectivity index (χ1) is 9.52. The number of aliphatic carboxylic acids is 1. The number of carboxylic acid groups (broad SMARTS) is 1. The largest absolute Gasteiger partial charge is 0.481 e. The molecule has 0 radical (unpaired) electrons. The Labute approximate surface area is 124 Å². The van der Waals surface area contributed by atoms with Crippen molar-refractivity contribution in [2.24, 2.45) is 0 Å². The first-order valence-electron chi connectivity index (χ1n) is 6.68. The molecule has 0 aliphatic heterocycles. The molecule has 0 bridgehead atoms. The van der Waals surface area contributed by atoms with Crippen LogP contribution in [0.5, 0.6) is 0 Å². The van der Waals surface area contributed by atoms with Gasteiger partial charge in [0.25, 0.3) is 0 Å². The van der Waals surface area contributed by atoms with Crippen molar-refractivity contribution in [2.45, 2.75) is 43.5 Å². The fourth-order valence-electron chi connectivity index (χ4n) is 1.85. The highest BCUT2D eigenvalue weighted by molar-refractivity contribution is 7.98. The second-order valence-corrected chi connectivity index (χ2v) is 5.54. The number of carboxylic acids is 1. The van der Waals surface area contributed by atoms with Crippen LogP contribution in [0.1, 0.15) is 44.2 Å². The number of carbonyl (C=O) groups is 2. The van der Waals surface area contributed by atoms with Crippen LogP contribution in [0, 0.1) is 0 Å². The van der Waals surface area contributed by atoms with Crippen molar-refractivity contribution in [2.75, 3.05) is 6.26 Å². The minimum absolute atomic E-state index is 0.0297. The third kappa shape index (κ3) is 6.10. The maximum atomic E-state index is 11.7. The first-order valence-corrected chi connectivity index (χ1v) is 7.90. The molecule has 5 heteroatoms. The van der Waals surface area contributed by atoms with E-state index in [1.807, 2.05) is 37.4 Å². The van der Waals surface area contributed by atoms with Gasteiger partial charge >= 0.3 is 5.97 Å². The zero-order chi connectivity index (χ0) is 15.0. The molecule has 1 unspecified atom stereocenters. The normalized spacial score (nSPS) is 11.9. The summed E-state index contributed by atoms with van der Waals surface area (Å²) in [5, 5.41) is 11.4. The Kier molecular flexibility index (Phi) is 7.15. The summed E-state index contributed by atoms with van der Waals surface area (Å²) < 4.78 is 0. The lowest BCUT2D eigenvalue weighted by atomic mass is 10.1. The highest BCUT2D eigenvalue weighted by atomic mass is 32.2. The predicted octanol–water partition coefficient (Wildman–Crippen LogP) is 3.23. The monoisotopic (exact) mass is 295 g/mol. The van der Waals surface area contributed by atoms with Crippen molar-refractivity contribution < 1.29 is 14.7 Å². The van der Waals surface area contributed by atoms with E-state index in [1.165, 1.54) is 4.90 Å². The first kappa shape index (κ1) is 16.6. The Hall–Kier alpha value is -1.49. The number of rotatable bonds is 8. The van der Waals surface area contributed by atoms with Gasteiger partial charge in [-0.1, -0.05) is 12.1 Å². The minimum atomic E-state index is -0.812. The summed E-state index contributed by atoms with van der Waals surface area (Å²) in [5.41, 5.74) is 1.07. The van der Waals surface area contributed by atoms with Gasteiger partial charge < -0.3 is 10.4 Å². The maximum absolute atomic E-state index is 11.7. The molecule has 110 valence electrons. The predicted molar refractivity (Wildman–Crippen MR) is 80.9 cm³/mol. The number of hydrogen-bond acceptors (Lipinski definition) is 3. The Balaban J connectivity index is 2.34. The van der Waals surface area contributed by atoms with Crippen LogP contribution in [-0.4, -0.2) is 23.2 Å². The van der Waals surface area contributed by atoms with Crippen molar-refractivity contribution in [1.82, 2.24) is 5.32 Å². The van der Waals surface area contributed by atoms with Crippen LogP contribution in [-0.2, 0) is 9.59 Å². The molecule has 0 aliphatic carbocycles. The van der Waals surface area contributed by atoms with Gasteiger partial charge in [-0.25, -0.2) is 0 Å². The van der Waals surface area contributed by atoms with E-state index in [0.29, 0.717) is 19.3 Å². The van der Waals surface area contributed by atoms with Gasteiger partial charge in [0.15, 0.2) is 0 Å². The molecule has 20 heavy (non-hydrogen) atoms. The zero-order valence-corrected chi connectivity index (χ0v) is 12.7. The average molecular weight is 295 g/mol. The summed E-state index contributed by atoms with van der Waals surface area (Å²) >= 11 is 1.68. The van der Waals surface area contributed by atoms with Crippen LogP contribution < -0.4 is 5.32 Å². The van der Waals surface area contributed by atoms with Crippen molar-refractivity contribution in [1.29, 1.82) is 0 Å². The van der Waals surface area contributed by atoms with Crippen LogP contribution in [0.3, 0.4) is 0 Å². The summed E-state index contributed by atoms with van der Waals surface area (Å²) in [6.07, 6.45) is 3.67. The summed E-state index contributed by atoms with van der Waals surface area (Å²) in [6.45, 7) is 1.95. The van der Waals surface area contributed by atoms with Gasteiger partial charge in [0.1, 0.15) is 0 Å². The summed E-state index contributed by atoms with van der Waals surface area (Å²) in [5.74, 6) is -0.843. The molecule has 0 aromatic heterocycles. The van der Waals surface area contributed by atoms with Crippen LogP contribution in [0.15, 0.2) is 29.2 Å². The number of benzene rings is 1. The fraction of sp³-hybridized carbons (Fsp3) is 0.467. The topological polar surface area (TPSA) is 66.4 Å². The lowest BCUT2D eigenvalue weighted by Gasteiger charge is -2.14. The Morgan fingerprint density at radius 3 is 2.35 bits per heavy atom. The number of thioether (sulfide) groups is 1. The molecule has 1 aromatic carbocycles. The molecular weight excluding hydrogens is 274 g/mol. The van der Waals surface area contributed by atoms with Crippen LogP contribution >= 0.6 is 11.8 Å². The molecule has 0 spiro atoms. The fourth-order valence-corrected chi connectivity index (χ4v) is 2.26. The van der Waals surface area contributed by atoms with Crippen LogP contribution in [0.25, 0.3) is 0 Å².